The number of pyridine rings is 1. The van der Waals surface area contributed by atoms with E-state index in [4.69, 9.17) is 5.73 Å². The van der Waals surface area contributed by atoms with E-state index in [1.807, 2.05) is 6.07 Å². The van der Waals surface area contributed by atoms with Crippen molar-refractivity contribution in [2.24, 2.45) is 5.73 Å². The van der Waals surface area contributed by atoms with Crippen molar-refractivity contribution >= 4 is 11.0 Å². The van der Waals surface area contributed by atoms with E-state index in [1.165, 1.54) is 0 Å². The molecule has 2 aromatic rings. The molecule has 0 bridgehead atoms. The van der Waals surface area contributed by atoms with Gasteiger partial charge in [-0.25, -0.2) is 4.98 Å². The van der Waals surface area contributed by atoms with E-state index in [-0.39, 0.29) is 5.41 Å². The Labute approximate surface area is 95.3 Å². The van der Waals surface area contributed by atoms with Crippen LogP contribution >= 0.6 is 0 Å². The van der Waals surface area contributed by atoms with Crippen LogP contribution in [0.25, 0.3) is 11.0 Å². The molecule has 86 valence electrons. The van der Waals surface area contributed by atoms with Crippen LogP contribution in [0.5, 0.6) is 0 Å². The topological polar surface area (TPSA) is 67.6 Å². The molecular weight excluding hydrogens is 200 g/mol. The summed E-state index contributed by atoms with van der Waals surface area (Å²) in [7, 11) is 0. The summed E-state index contributed by atoms with van der Waals surface area (Å²) in [5.74, 6) is 0.989. The predicted molar refractivity (Wildman–Crippen MR) is 65.2 cm³/mol. The second-order valence-corrected chi connectivity index (χ2v) is 4.17. The monoisotopic (exact) mass is 218 g/mol. The fourth-order valence-electron chi connectivity index (χ4n) is 2.08. The highest BCUT2D eigenvalue weighted by Crippen LogP contribution is 2.29. The number of H-pyrrole nitrogens is 1. The highest BCUT2D eigenvalue weighted by Gasteiger charge is 2.30. The molecule has 2 aromatic heterocycles. The Morgan fingerprint density at radius 1 is 1.38 bits per heavy atom. The van der Waals surface area contributed by atoms with Crippen LogP contribution in [0.15, 0.2) is 18.5 Å². The first kappa shape index (κ1) is 11.1. The number of hydrogen-bond acceptors (Lipinski definition) is 3. The summed E-state index contributed by atoms with van der Waals surface area (Å²) < 4.78 is 0. The van der Waals surface area contributed by atoms with Gasteiger partial charge in [0.25, 0.3) is 0 Å². The van der Waals surface area contributed by atoms with Gasteiger partial charge in [-0.2, -0.15) is 0 Å². The van der Waals surface area contributed by atoms with Crippen molar-refractivity contribution in [2.75, 3.05) is 6.54 Å². The van der Waals surface area contributed by atoms with Gasteiger partial charge in [0.2, 0.25) is 0 Å². The number of hydrogen-bond donors (Lipinski definition) is 2. The molecule has 4 nitrogen and oxygen atoms in total. The minimum atomic E-state index is -0.0287. The molecule has 0 aliphatic heterocycles. The molecule has 0 unspecified atom stereocenters. The van der Waals surface area contributed by atoms with E-state index in [0.29, 0.717) is 6.54 Å². The average Bonchev–Trinajstić information content (AvgIpc) is 2.76. The van der Waals surface area contributed by atoms with Crippen molar-refractivity contribution in [3.05, 3.63) is 24.3 Å². The summed E-state index contributed by atoms with van der Waals surface area (Å²) in [6.07, 6.45) is 5.55. The van der Waals surface area contributed by atoms with Crippen molar-refractivity contribution in [1.29, 1.82) is 0 Å². The van der Waals surface area contributed by atoms with Crippen LogP contribution in [0.3, 0.4) is 0 Å². The molecule has 16 heavy (non-hydrogen) atoms. The van der Waals surface area contributed by atoms with Gasteiger partial charge in [-0.3, -0.25) is 4.98 Å². The second kappa shape index (κ2) is 4.22. The number of nitrogens with two attached hydrogens (primary N) is 1. The third-order valence-electron chi connectivity index (χ3n) is 3.53. The molecule has 0 aliphatic rings. The van der Waals surface area contributed by atoms with Gasteiger partial charge in [-0.15, -0.1) is 0 Å². The molecule has 0 saturated heterocycles. The normalized spacial score (nSPS) is 12.2. The van der Waals surface area contributed by atoms with Crippen LogP contribution in [-0.2, 0) is 5.41 Å². The maximum atomic E-state index is 5.91. The van der Waals surface area contributed by atoms with Crippen molar-refractivity contribution in [1.82, 2.24) is 15.0 Å². The number of nitrogens with zero attached hydrogens (tertiary/aromatic N) is 2. The van der Waals surface area contributed by atoms with Crippen molar-refractivity contribution in [2.45, 2.75) is 32.1 Å². The Hall–Kier alpha value is -1.42. The Morgan fingerprint density at radius 3 is 2.69 bits per heavy atom. The summed E-state index contributed by atoms with van der Waals surface area (Å²) in [4.78, 5) is 12.0. The molecule has 0 aliphatic carbocycles. The summed E-state index contributed by atoms with van der Waals surface area (Å²) in [5, 5.41) is 0. The maximum Gasteiger partial charge on any atom is 0.114 e. The first-order chi connectivity index (χ1) is 7.75. The Bertz CT molecular complexity index is 429. The minimum absolute atomic E-state index is 0.0287. The average molecular weight is 218 g/mol. The zero-order valence-corrected chi connectivity index (χ0v) is 9.83. The van der Waals surface area contributed by atoms with Crippen LogP contribution in [0.4, 0.5) is 0 Å². The predicted octanol–water partition coefficient (Wildman–Crippen LogP) is 1.97. The highest BCUT2D eigenvalue weighted by atomic mass is 15.0. The van der Waals surface area contributed by atoms with E-state index in [2.05, 4.69) is 28.8 Å². The summed E-state index contributed by atoms with van der Waals surface area (Å²) in [5.41, 5.74) is 7.82. The van der Waals surface area contributed by atoms with Crippen LogP contribution in [-0.4, -0.2) is 21.5 Å². The van der Waals surface area contributed by atoms with Crippen molar-refractivity contribution in [3.8, 4) is 0 Å². The van der Waals surface area contributed by atoms with Crippen LogP contribution < -0.4 is 5.73 Å². The number of imidazole rings is 1. The first-order valence-corrected chi connectivity index (χ1v) is 5.76. The van der Waals surface area contributed by atoms with Gasteiger partial charge in [0.15, 0.2) is 0 Å². The molecule has 0 fully saturated rings. The molecule has 0 spiro atoms. The fourth-order valence-corrected chi connectivity index (χ4v) is 2.08. The van der Waals surface area contributed by atoms with E-state index in [1.54, 1.807) is 12.4 Å². The molecule has 2 rings (SSSR count). The zero-order chi connectivity index (χ0) is 11.6. The lowest BCUT2D eigenvalue weighted by molar-refractivity contribution is 0.387. The van der Waals surface area contributed by atoms with Gasteiger partial charge in [0.1, 0.15) is 5.82 Å². The number of fused-ring (bicyclic) bond motifs is 1. The number of nitrogens with one attached hydrogen (secondary N) is 1. The molecule has 3 N–H and O–H groups in total. The van der Waals surface area contributed by atoms with Gasteiger partial charge >= 0.3 is 0 Å². The fraction of sp³-hybridized carbons (Fsp3) is 0.500. The van der Waals surface area contributed by atoms with Gasteiger partial charge in [0.05, 0.1) is 17.2 Å². The third-order valence-corrected chi connectivity index (χ3v) is 3.53. The molecule has 0 radical (unpaired) electrons. The third kappa shape index (κ3) is 1.59. The molecule has 0 saturated carbocycles. The van der Waals surface area contributed by atoms with Crippen molar-refractivity contribution in [3.63, 3.8) is 0 Å². The Kier molecular flexibility index (Phi) is 2.92. The van der Waals surface area contributed by atoms with E-state index >= 15 is 0 Å². The van der Waals surface area contributed by atoms with E-state index < -0.39 is 0 Å². The SMILES string of the molecule is CCC(CC)(CN)c1nc2ccncc2[nH]1. The maximum absolute atomic E-state index is 5.91. The molecule has 0 amide bonds. The summed E-state index contributed by atoms with van der Waals surface area (Å²) >= 11 is 0. The Balaban J connectivity index is 2.53. The first-order valence-electron chi connectivity index (χ1n) is 5.76. The zero-order valence-electron chi connectivity index (χ0n) is 9.83. The molecule has 0 aromatic carbocycles. The number of aromatic nitrogens is 3. The lowest BCUT2D eigenvalue weighted by atomic mass is 9.82. The van der Waals surface area contributed by atoms with Crippen LogP contribution in [0.1, 0.15) is 32.5 Å². The van der Waals surface area contributed by atoms with E-state index in [9.17, 15) is 0 Å². The summed E-state index contributed by atoms with van der Waals surface area (Å²) in [6, 6.07) is 1.92. The molecular formula is C12H18N4. The number of rotatable bonds is 4. The van der Waals surface area contributed by atoms with E-state index in [0.717, 1.165) is 29.7 Å². The Morgan fingerprint density at radius 2 is 2.12 bits per heavy atom. The molecule has 2 heterocycles. The van der Waals surface area contributed by atoms with Gasteiger partial charge in [0, 0.05) is 18.2 Å². The second-order valence-electron chi connectivity index (χ2n) is 4.17. The highest BCUT2D eigenvalue weighted by molar-refractivity contribution is 5.73. The standard InChI is InChI=1S/C12H18N4/c1-3-12(4-2,8-13)11-15-9-5-6-14-7-10(9)16-11/h5-7H,3-4,8,13H2,1-2H3,(H,15,16). The van der Waals surface area contributed by atoms with Crippen LogP contribution in [0.2, 0.25) is 0 Å². The smallest absolute Gasteiger partial charge is 0.114 e. The lowest BCUT2D eigenvalue weighted by Gasteiger charge is -2.27. The lowest BCUT2D eigenvalue weighted by Crippen LogP contribution is -2.35. The largest absolute Gasteiger partial charge is 0.340 e. The van der Waals surface area contributed by atoms with Crippen LogP contribution in [0, 0.1) is 0 Å². The number of aromatic amines is 1. The van der Waals surface area contributed by atoms with Crippen molar-refractivity contribution < 1.29 is 0 Å². The minimum Gasteiger partial charge on any atom is -0.340 e. The quantitative estimate of drug-likeness (QED) is 0.824. The van der Waals surface area contributed by atoms with Gasteiger partial charge < -0.3 is 10.7 Å². The summed E-state index contributed by atoms with van der Waals surface area (Å²) in [6.45, 7) is 4.93. The molecule has 0 atom stereocenters. The van der Waals surface area contributed by atoms with Gasteiger partial charge in [-0.1, -0.05) is 13.8 Å². The van der Waals surface area contributed by atoms with Gasteiger partial charge in [-0.05, 0) is 18.9 Å². The molecule has 4 heteroatoms.